The highest BCUT2D eigenvalue weighted by Gasteiger charge is 2.20. The summed E-state index contributed by atoms with van der Waals surface area (Å²) >= 11 is 24.5. The molecule has 0 radical (unpaired) electrons. The molecule has 0 amide bonds. The molecule has 2 aromatic carbocycles. The summed E-state index contributed by atoms with van der Waals surface area (Å²) < 4.78 is 0. The van der Waals surface area contributed by atoms with Gasteiger partial charge in [-0.25, -0.2) is 0 Å². The first-order chi connectivity index (χ1) is 10.9. The number of carboxylic acid groups (broad SMARTS) is 1. The van der Waals surface area contributed by atoms with Crippen LogP contribution in [-0.4, -0.2) is 16.1 Å². The Balaban J connectivity index is 2.35. The van der Waals surface area contributed by atoms with Crippen LogP contribution in [0.1, 0.15) is 5.56 Å². The van der Waals surface area contributed by atoms with Crippen molar-refractivity contribution in [2.75, 3.05) is 0 Å². The number of carbonyl (C=O) groups is 1. The van der Waals surface area contributed by atoms with Crippen molar-refractivity contribution in [1.82, 2.24) is 4.98 Å². The Labute approximate surface area is 151 Å². The van der Waals surface area contributed by atoms with Crippen molar-refractivity contribution >= 4 is 63.3 Å². The third kappa shape index (κ3) is 3.15. The van der Waals surface area contributed by atoms with Crippen molar-refractivity contribution in [1.29, 1.82) is 0 Å². The molecule has 3 aromatic rings. The quantitative estimate of drug-likeness (QED) is 0.571. The molecule has 0 saturated carbocycles. The van der Waals surface area contributed by atoms with Gasteiger partial charge in [-0.05, 0) is 35.9 Å². The van der Waals surface area contributed by atoms with Gasteiger partial charge in [0.2, 0.25) is 0 Å². The van der Waals surface area contributed by atoms with Gasteiger partial charge >= 0.3 is 5.97 Å². The topological polar surface area (TPSA) is 53.1 Å². The smallest absolute Gasteiger partial charge is 0.307 e. The third-order valence-electron chi connectivity index (χ3n) is 3.45. The minimum absolute atomic E-state index is 0.199. The van der Waals surface area contributed by atoms with Gasteiger partial charge in [0.25, 0.3) is 0 Å². The fourth-order valence-corrected chi connectivity index (χ4v) is 3.67. The van der Waals surface area contributed by atoms with Gasteiger partial charge in [0.1, 0.15) is 0 Å². The highest BCUT2D eigenvalue weighted by Crippen LogP contribution is 2.39. The summed E-state index contributed by atoms with van der Waals surface area (Å²) in [5, 5.41) is 11.6. The van der Waals surface area contributed by atoms with E-state index in [4.69, 9.17) is 46.4 Å². The van der Waals surface area contributed by atoms with Crippen LogP contribution in [0.3, 0.4) is 0 Å². The zero-order valence-corrected chi connectivity index (χ0v) is 14.5. The largest absolute Gasteiger partial charge is 0.481 e. The van der Waals surface area contributed by atoms with Crippen LogP contribution in [0.15, 0.2) is 30.3 Å². The van der Waals surface area contributed by atoms with E-state index in [-0.39, 0.29) is 6.42 Å². The summed E-state index contributed by atoms with van der Waals surface area (Å²) in [5.41, 5.74) is 2.45. The number of carboxylic acids is 1. The Bertz CT molecular complexity index is 933. The molecule has 1 heterocycles. The van der Waals surface area contributed by atoms with Gasteiger partial charge in [-0.2, -0.15) is 0 Å². The van der Waals surface area contributed by atoms with Gasteiger partial charge in [-0.15, -0.1) is 0 Å². The molecule has 118 valence electrons. The number of aromatic nitrogens is 1. The lowest BCUT2D eigenvalue weighted by atomic mass is 10.0. The molecule has 0 aliphatic heterocycles. The van der Waals surface area contributed by atoms with Crippen LogP contribution in [0.5, 0.6) is 0 Å². The SMILES string of the molecule is O=C(O)Cc1c(-c2ccc(Cl)cc2Cl)[nH]c2cc(Cl)cc(Cl)c12. The van der Waals surface area contributed by atoms with Gasteiger partial charge in [0.05, 0.1) is 22.2 Å². The van der Waals surface area contributed by atoms with Crippen molar-refractivity contribution < 1.29 is 9.90 Å². The molecule has 3 nitrogen and oxygen atoms in total. The monoisotopic (exact) mass is 387 g/mol. The van der Waals surface area contributed by atoms with Gasteiger partial charge in [-0.3, -0.25) is 4.79 Å². The minimum atomic E-state index is -0.969. The summed E-state index contributed by atoms with van der Waals surface area (Å²) in [7, 11) is 0. The molecular weight excluding hydrogens is 380 g/mol. The van der Waals surface area contributed by atoms with E-state index in [0.717, 1.165) is 0 Å². The van der Waals surface area contributed by atoms with E-state index < -0.39 is 5.97 Å². The zero-order valence-electron chi connectivity index (χ0n) is 11.5. The first-order valence-electron chi connectivity index (χ1n) is 6.53. The normalized spacial score (nSPS) is 11.1. The highest BCUT2D eigenvalue weighted by atomic mass is 35.5. The summed E-state index contributed by atoms with van der Waals surface area (Å²) in [6, 6.07) is 8.30. The second kappa shape index (κ2) is 6.25. The maximum Gasteiger partial charge on any atom is 0.307 e. The number of nitrogens with one attached hydrogen (secondary N) is 1. The van der Waals surface area contributed by atoms with Crippen molar-refractivity contribution in [3.63, 3.8) is 0 Å². The minimum Gasteiger partial charge on any atom is -0.481 e. The highest BCUT2D eigenvalue weighted by molar-refractivity contribution is 6.39. The Morgan fingerprint density at radius 2 is 1.70 bits per heavy atom. The summed E-state index contributed by atoms with van der Waals surface area (Å²) in [4.78, 5) is 14.4. The fraction of sp³-hybridized carbons (Fsp3) is 0.0625. The van der Waals surface area contributed by atoms with Gasteiger partial charge < -0.3 is 10.1 Å². The van der Waals surface area contributed by atoms with Crippen LogP contribution in [-0.2, 0) is 11.2 Å². The number of rotatable bonds is 3. The molecule has 0 spiro atoms. The molecule has 0 bridgehead atoms. The zero-order chi connectivity index (χ0) is 16.7. The first-order valence-corrected chi connectivity index (χ1v) is 8.05. The van der Waals surface area contributed by atoms with Crippen molar-refractivity contribution in [2.45, 2.75) is 6.42 Å². The number of halogens is 4. The predicted molar refractivity (Wildman–Crippen MR) is 95.1 cm³/mol. The average molecular weight is 389 g/mol. The van der Waals surface area contributed by atoms with Gasteiger partial charge in [0, 0.05) is 26.5 Å². The second-order valence-corrected chi connectivity index (χ2v) is 6.67. The van der Waals surface area contributed by atoms with Crippen LogP contribution < -0.4 is 0 Å². The first kappa shape index (κ1) is 16.5. The Kier molecular flexibility index (Phi) is 4.47. The molecule has 0 aliphatic rings. The van der Waals surface area contributed by atoms with E-state index >= 15 is 0 Å². The van der Waals surface area contributed by atoms with E-state index in [2.05, 4.69) is 4.98 Å². The summed E-state index contributed by atoms with van der Waals surface area (Å²) in [5.74, 6) is -0.969. The van der Waals surface area contributed by atoms with Crippen LogP contribution >= 0.6 is 46.4 Å². The molecule has 23 heavy (non-hydrogen) atoms. The van der Waals surface area contributed by atoms with E-state index in [0.29, 0.717) is 47.8 Å². The standard InChI is InChI=1S/C16H9Cl4NO2/c17-7-1-2-9(11(19)3-7)16-10(6-14(22)23)15-12(20)4-8(18)5-13(15)21-16/h1-5,21H,6H2,(H,22,23). The van der Waals surface area contributed by atoms with Crippen LogP contribution in [0.4, 0.5) is 0 Å². The lowest BCUT2D eigenvalue weighted by Crippen LogP contribution is -2.01. The molecule has 7 heteroatoms. The van der Waals surface area contributed by atoms with Crippen molar-refractivity contribution in [3.8, 4) is 11.3 Å². The average Bonchev–Trinajstić information content (AvgIpc) is 2.76. The fourth-order valence-electron chi connectivity index (χ4n) is 2.56. The van der Waals surface area contributed by atoms with E-state index in [9.17, 15) is 9.90 Å². The third-order valence-corrected chi connectivity index (χ3v) is 4.51. The number of fused-ring (bicyclic) bond motifs is 1. The van der Waals surface area contributed by atoms with E-state index in [1.807, 2.05) is 0 Å². The Morgan fingerprint density at radius 3 is 2.35 bits per heavy atom. The molecule has 0 atom stereocenters. The maximum absolute atomic E-state index is 11.3. The van der Waals surface area contributed by atoms with Crippen molar-refractivity contribution in [3.05, 3.63) is 56.0 Å². The molecule has 0 fully saturated rings. The van der Waals surface area contributed by atoms with E-state index in [1.54, 1.807) is 30.3 Å². The van der Waals surface area contributed by atoms with Crippen LogP contribution in [0.25, 0.3) is 22.2 Å². The van der Waals surface area contributed by atoms with Crippen molar-refractivity contribution in [2.24, 2.45) is 0 Å². The lowest BCUT2D eigenvalue weighted by Gasteiger charge is -2.06. The number of aromatic amines is 1. The van der Waals surface area contributed by atoms with E-state index in [1.165, 1.54) is 0 Å². The molecule has 0 unspecified atom stereocenters. The Hall–Kier alpha value is -1.39. The number of hydrogen-bond acceptors (Lipinski definition) is 1. The van der Waals surface area contributed by atoms with Crippen LogP contribution in [0.2, 0.25) is 20.1 Å². The molecule has 0 saturated heterocycles. The number of H-pyrrole nitrogens is 1. The number of aliphatic carboxylic acids is 1. The maximum atomic E-state index is 11.3. The second-order valence-electron chi connectivity index (χ2n) is 4.98. The van der Waals surface area contributed by atoms with Crippen LogP contribution in [0, 0.1) is 0 Å². The molecule has 3 rings (SSSR count). The number of benzene rings is 2. The molecular formula is C16H9Cl4NO2. The van der Waals surface area contributed by atoms with Gasteiger partial charge in [0.15, 0.2) is 0 Å². The summed E-state index contributed by atoms with van der Waals surface area (Å²) in [6.45, 7) is 0. The lowest BCUT2D eigenvalue weighted by molar-refractivity contribution is -0.136. The number of hydrogen-bond donors (Lipinski definition) is 2. The predicted octanol–water partition coefficient (Wildman–Crippen LogP) is 6.08. The molecule has 0 aliphatic carbocycles. The molecule has 2 N–H and O–H groups in total. The van der Waals surface area contributed by atoms with Gasteiger partial charge in [-0.1, -0.05) is 46.4 Å². The Morgan fingerprint density at radius 1 is 1.00 bits per heavy atom. The molecule has 1 aromatic heterocycles. The summed E-state index contributed by atoms with van der Waals surface area (Å²) in [6.07, 6.45) is -0.199.